The third-order valence-electron chi connectivity index (χ3n) is 7.63. The first-order valence-corrected chi connectivity index (χ1v) is 16.0. The lowest BCUT2D eigenvalue weighted by Crippen LogP contribution is -2.60. The van der Waals surface area contributed by atoms with Crippen molar-refractivity contribution in [2.45, 2.75) is 104 Å². The number of aliphatic carboxylic acids is 1. The molecule has 4 N–H and O–H groups in total. The number of carboxylic acids is 1. The number of nitrogens with zero attached hydrogens (tertiary/aromatic N) is 1. The number of alkyl carbamates (subject to hydrolysis) is 1. The van der Waals surface area contributed by atoms with E-state index in [-0.39, 0.29) is 18.4 Å². The van der Waals surface area contributed by atoms with E-state index in [0.29, 0.717) is 25.8 Å². The van der Waals surface area contributed by atoms with Gasteiger partial charge in [0.2, 0.25) is 0 Å². The zero-order valence-electron chi connectivity index (χ0n) is 28.3. The molecule has 0 aliphatic carbocycles. The minimum Gasteiger partial charge on any atom is -0.480 e. The second kappa shape index (κ2) is 16.4. The summed E-state index contributed by atoms with van der Waals surface area (Å²) in [4.78, 5) is 62.1. The van der Waals surface area contributed by atoms with Crippen molar-refractivity contribution in [1.82, 2.24) is 21.1 Å². The maximum absolute atomic E-state index is 13.0. The van der Waals surface area contributed by atoms with Crippen molar-refractivity contribution in [2.24, 2.45) is 5.92 Å². The Hall–Kier alpha value is -4.45. The first-order valence-electron chi connectivity index (χ1n) is 16.0. The average Bonchev–Trinajstić information content (AvgIpc) is 3.01. The maximum atomic E-state index is 13.0. The van der Waals surface area contributed by atoms with E-state index in [4.69, 9.17) is 9.47 Å². The molecule has 1 heterocycles. The number of nitrogens with one attached hydrogen (secondary N) is 3. The molecule has 1 saturated heterocycles. The molecule has 256 valence electrons. The minimum atomic E-state index is -1.10. The number of carboxylic acid groups (broad SMARTS) is 1. The first kappa shape index (κ1) is 37.0. The normalized spacial score (nSPS) is 16.9. The smallest absolute Gasteiger partial charge is 0.408 e. The highest BCUT2D eigenvalue weighted by Crippen LogP contribution is 2.25. The quantitative estimate of drug-likeness (QED) is 0.241. The van der Waals surface area contributed by atoms with Gasteiger partial charge in [0.25, 0.3) is 11.8 Å². The van der Waals surface area contributed by atoms with Crippen LogP contribution in [0.1, 0.15) is 84.9 Å². The topological polar surface area (TPSA) is 163 Å². The van der Waals surface area contributed by atoms with Gasteiger partial charge in [-0.3, -0.25) is 24.2 Å². The lowest BCUT2D eigenvalue weighted by atomic mass is 9.98. The Bertz CT molecular complexity index is 1420. The number of carbonyl (C=O) groups excluding carboxylic acids is 4. The molecule has 4 atom stereocenters. The molecule has 0 aromatic heterocycles. The molecule has 3 rings (SSSR count). The van der Waals surface area contributed by atoms with Gasteiger partial charge in [-0.15, -0.1) is 0 Å². The van der Waals surface area contributed by atoms with Crippen molar-refractivity contribution >= 4 is 29.8 Å². The highest BCUT2D eigenvalue weighted by molar-refractivity contribution is 5.90. The van der Waals surface area contributed by atoms with Crippen molar-refractivity contribution in [3.63, 3.8) is 0 Å². The van der Waals surface area contributed by atoms with Crippen LogP contribution in [0.3, 0.4) is 0 Å². The number of benzene rings is 2. The fraction of sp³-hybridized carbons (Fsp3) is 0.514. The van der Waals surface area contributed by atoms with Crippen LogP contribution >= 0.6 is 0 Å². The Labute approximate surface area is 276 Å². The number of carbonyl (C=O) groups is 5. The van der Waals surface area contributed by atoms with E-state index in [1.807, 2.05) is 76.2 Å². The number of amides is 3. The molecule has 0 unspecified atom stereocenters. The van der Waals surface area contributed by atoms with Crippen LogP contribution in [0.4, 0.5) is 4.79 Å². The molecule has 1 aliphatic heterocycles. The van der Waals surface area contributed by atoms with Crippen molar-refractivity contribution in [2.75, 3.05) is 6.54 Å². The van der Waals surface area contributed by atoms with Gasteiger partial charge in [-0.05, 0) is 88.1 Å². The van der Waals surface area contributed by atoms with Gasteiger partial charge in [-0.25, -0.2) is 10.2 Å². The zero-order chi connectivity index (χ0) is 34.9. The lowest BCUT2D eigenvalue weighted by molar-refractivity contribution is -0.159. The summed E-state index contributed by atoms with van der Waals surface area (Å²) >= 11 is 0. The van der Waals surface area contributed by atoms with Crippen LogP contribution in [-0.4, -0.2) is 70.3 Å². The van der Waals surface area contributed by atoms with E-state index in [1.165, 1.54) is 11.9 Å². The molecular weight excluding hydrogens is 604 g/mol. The predicted molar refractivity (Wildman–Crippen MR) is 176 cm³/mol. The van der Waals surface area contributed by atoms with Crippen molar-refractivity contribution in [3.8, 4) is 11.1 Å². The van der Waals surface area contributed by atoms with Crippen LogP contribution in [-0.2, 0) is 35.1 Å². The summed E-state index contributed by atoms with van der Waals surface area (Å²) in [7, 11) is 0. The van der Waals surface area contributed by atoms with E-state index in [0.717, 1.165) is 22.3 Å². The number of ether oxygens (including phenoxy) is 2. The molecule has 0 saturated carbocycles. The molecule has 12 nitrogen and oxygen atoms in total. The van der Waals surface area contributed by atoms with Gasteiger partial charge in [0.1, 0.15) is 17.7 Å². The zero-order valence-corrected chi connectivity index (χ0v) is 28.3. The molecule has 12 heteroatoms. The minimum absolute atomic E-state index is 0.0575. The van der Waals surface area contributed by atoms with Crippen LogP contribution in [0.25, 0.3) is 11.1 Å². The lowest BCUT2D eigenvalue weighted by Gasteiger charge is -2.34. The Morgan fingerprint density at radius 2 is 1.66 bits per heavy atom. The molecule has 2 aromatic rings. The largest absolute Gasteiger partial charge is 0.480 e. The fourth-order valence-electron chi connectivity index (χ4n) is 5.07. The van der Waals surface area contributed by atoms with Crippen molar-refractivity contribution in [3.05, 3.63) is 59.7 Å². The second-order valence-electron chi connectivity index (χ2n) is 13.2. The SMILES string of the molecule is CC(C)[C@H](OC(=O)CCc1ccc(-c2cccc([C@@H](C)NC(=O)OC(C)(C)C)c2)cc1)C(=O)N[C@@H](C)C(=O)N1CCC[C@@H](C(=O)O)N1. The Balaban J connectivity index is 1.53. The number of rotatable bonds is 12. The van der Waals surface area contributed by atoms with Gasteiger partial charge in [0, 0.05) is 13.0 Å². The highest BCUT2D eigenvalue weighted by atomic mass is 16.6. The van der Waals surface area contributed by atoms with E-state index in [2.05, 4.69) is 16.1 Å². The van der Waals surface area contributed by atoms with E-state index in [1.54, 1.807) is 13.8 Å². The summed E-state index contributed by atoms with van der Waals surface area (Å²) in [6.07, 6.45) is -0.192. The van der Waals surface area contributed by atoms with Crippen LogP contribution in [0.15, 0.2) is 48.5 Å². The molecule has 3 amide bonds. The Morgan fingerprint density at radius 3 is 2.28 bits per heavy atom. The number of aryl methyl sites for hydroxylation is 1. The summed E-state index contributed by atoms with van der Waals surface area (Å²) in [6.45, 7) is 12.7. The number of hydrogen-bond acceptors (Lipinski definition) is 8. The molecule has 47 heavy (non-hydrogen) atoms. The van der Waals surface area contributed by atoms with Crippen LogP contribution in [0, 0.1) is 5.92 Å². The molecule has 0 spiro atoms. The van der Waals surface area contributed by atoms with Crippen LogP contribution < -0.4 is 16.1 Å². The molecule has 2 aromatic carbocycles. The summed E-state index contributed by atoms with van der Waals surface area (Å²) in [5.74, 6) is -3.00. The monoisotopic (exact) mass is 652 g/mol. The number of hydrogen-bond donors (Lipinski definition) is 4. The number of hydrazine groups is 1. The summed E-state index contributed by atoms with van der Waals surface area (Å²) in [6, 6.07) is 13.6. The van der Waals surface area contributed by atoms with Gasteiger partial charge in [0.15, 0.2) is 6.10 Å². The number of esters is 1. The predicted octanol–water partition coefficient (Wildman–Crippen LogP) is 4.52. The van der Waals surface area contributed by atoms with Gasteiger partial charge in [-0.1, -0.05) is 56.3 Å². The van der Waals surface area contributed by atoms with Crippen LogP contribution in [0.2, 0.25) is 0 Å². The van der Waals surface area contributed by atoms with Gasteiger partial charge in [-0.2, -0.15) is 0 Å². The van der Waals surface area contributed by atoms with Gasteiger partial charge >= 0.3 is 18.0 Å². The molecule has 1 fully saturated rings. The average molecular weight is 653 g/mol. The van der Waals surface area contributed by atoms with Gasteiger partial charge in [0.05, 0.1) is 6.04 Å². The Morgan fingerprint density at radius 1 is 0.979 bits per heavy atom. The third-order valence-corrected chi connectivity index (χ3v) is 7.63. The maximum Gasteiger partial charge on any atom is 0.408 e. The Kier molecular flexibility index (Phi) is 12.9. The molecule has 1 aliphatic rings. The highest BCUT2D eigenvalue weighted by Gasteiger charge is 2.33. The molecule has 0 bridgehead atoms. The van der Waals surface area contributed by atoms with E-state index >= 15 is 0 Å². The summed E-state index contributed by atoms with van der Waals surface area (Å²) in [5.41, 5.74) is 5.89. The van der Waals surface area contributed by atoms with Gasteiger partial charge < -0.3 is 25.2 Å². The van der Waals surface area contributed by atoms with Crippen LogP contribution in [0.5, 0.6) is 0 Å². The standard InChI is InChI=1S/C35H48N4O8/c1-21(2)30(31(41)36-23(4)32(42)39-19-9-12-28(38-39)33(43)44)46-29(40)18-15-24-13-16-25(17-14-24)27-11-8-10-26(20-27)22(3)37-34(45)47-35(5,6)7/h8,10-11,13-14,16-17,20-23,28,30,38H,9,12,15,18-19H2,1-7H3,(H,36,41)(H,37,45)(H,43,44)/t22-,23+,28+,30+/m1/s1. The fourth-order valence-corrected chi connectivity index (χ4v) is 5.07. The molecular formula is C35H48N4O8. The summed E-state index contributed by atoms with van der Waals surface area (Å²) < 4.78 is 10.9. The van der Waals surface area contributed by atoms with E-state index in [9.17, 15) is 29.1 Å². The molecule has 0 radical (unpaired) electrons. The third kappa shape index (κ3) is 11.4. The summed E-state index contributed by atoms with van der Waals surface area (Å²) in [5, 5.41) is 15.9. The van der Waals surface area contributed by atoms with Crippen molar-refractivity contribution in [1.29, 1.82) is 0 Å². The van der Waals surface area contributed by atoms with Crippen molar-refractivity contribution < 1.29 is 38.6 Å². The van der Waals surface area contributed by atoms with E-state index < -0.39 is 53.6 Å². The first-order chi connectivity index (χ1) is 22.0. The second-order valence-corrected chi connectivity index (χ2v) is 13.2.